The highest BCUT2D eigenvalue weighted by molar-refractivity contribution is 5.91. The molecule has 0 saturated carbocycles. The van der Waals surface area contributed by atoms with E-state index >= 15 is 0 Å². The molecule has 1 unspecified atom stereocenters. The van der Waals surface area contributed by atoms with Crippen LogP contribution >= 0.6 is 0 Å². The summed E-state index contributed by atoms with van der Waals surface area (Å²) in [4.78, 5) is 14.8. The summed E-state index contributed by atoms with van der Waals surface area (Å²) in [6.45, 7) is 30.8. The Morgan fingerprint density at radius 1 is 0.343 bits per heavy atom. The van der Waals surface area contributed by atoms with Crippen molar-refractivity contribution in [3.63, 3.8) is 0 Å². The molecule has 3 aliphatic rings. The molecule has 9 nitrogen and oxygen atoms in total. The molecule has 6 aromatic heterocycles. The standard InChI is InChI=1S/C36H40N3.2C30H28N3/c1-21(2)25-13-12-14-26(22(3)4)33(25)39-32-16-11-10-15-31(32)38(9)35(39)28-20-30-29(19-23(28)5)27-18-17-24(6)37-34(27)36(30,7)8;1-19-15-17-22-23-18-16-20(2)31-28(23)30(3,4)27(22)26(19)29-32(5)24-13-9-10-14-25(24)33(29)21-11-7-6-8-12-21;1-19-17-25-24(22-16-15-20(2)31-28(22)30(25,3)4)18-23(19)29-32(5)26-13-9-10-14-27(26)33(29)21-11-7-6-8-12-21/h10-22H,1-9H3;2*6-18H,1-5H3/q3*+1/i;;3D3. The third-order valence-corrected chi connectivity index (χ3v) is 23.0. The Morgan fingerprint density at radius 2 is 0.733 bits per heavy atom. The van der Waals surface area contributed by atoms with Crippen LogP contribution < -0.4 is 13.7 Å². The van der Waals surface area contributed by atoms with E-state index in [9.17, 15) is 0 Å². The van der Waals surface area contributed by atoms with Crippen LogP contribution in [0.5, 0.6) is 0 Å². The van der Waals surface area contributed by atoms with E-state index in [-0.39, 0.29) is 10.8 Å². The van der Waals surface area contributed by atoms with E-state index in [4.69, 9.17) is 19.1 Å². The normalized spacial score (nSPS) is 15.3. The van der Waals surface area contributed by atoms with Gasteiger partial charge < -0.3 is 0 Å². The Bertz CT molecular complexity index is 6150. The van der Waals surface area contributed by atoms with E-state index in [2.05, 4.69) is 345 Å². The maximum absolute atomic E-state index is 8.48. The van der Waals surface area contributed by atoms with E-state index in [1.165, 1.54) is 123 Å². The first kappa shape index (κ1) is 64.7. The van der Waals surface area contributed by atoms with Gasteiger partial charge in [0.05, 0.1) is 54.9 Å². The second kappa shape index (κ2) is 25.3. The van der Waals surface area contributed by atoms with E-state index in [0.29, 0.717) is 17.5 Å². The summed E-state index contributed by atoms with van der Waals surface area (Å²) in [5, 5.41) is 0. The van der Waals surface area contributed by atoms with E-state index in [1.807, 2.05) is 32.0 Å². The molecule has 18 rings (SSSR count). The number of benzene rings is 9. The van der Waals surface area contributed by atoms with Crippen LogP contribution in [-0.4, -0.2) is 28.7 Å². The minimum absolute atomic E-state index is 0.159. The Labute approximate surface area is 623 Å². The Kier molecular flexibility index (Phi) is 15.6. The average molecular weight is 1380 g/mol. The Morgan fingerprint density at radius 3 is 1.24 bits per heavy atom. The fourth-order valence-electron chi connectivity index (χ4n) is 17.7. The molecule has 0 saturated heterocycles. The molecule has 0 N–H and O–H groups in total. The number of rotatable bonds is 8. The van der Waals surface area contributed by atoms with Crippen LogP contribution in [0.1, 0.15) is 164 Å². The Hall–Kier alpha value is -11.2. The number of hydrogen-bond donors (Lipinski definition) is 0. The van der Waals surface area contributed by atoms with Crippen LogP contribution in [0.3, 0.4) is 0 Å². The van der Waals surface area contributed by atoms with Crippen molar-refractivity contribution in [1.82, 2.24) is 28.7 Å². The molecule has 0 radical (unpaired) electrons. The van der Waals surface area contributed by atoms with Crippen LogP contribution in [0.15, 0.2) is 224 Å². The van der Waals surface area contributed by atoms with Crippen molar-refractivity contribution in [2.75, 3.05) is 0 Å². The first-order valence-corrected chi connectivity index (χ1v) is 37.2. The van der Waals surface area contributed by atoms with Gasteiger partial charge in [-0.1, -0.05) is 203 Å². The smallest absolute Gasteiger partial charge is 0.257 e. The van der Waals surface area contributed by atoms with Gasteiger partial charge in [0.15, 0.2) is 33.1 Å². The maximum Gasteiger partial charge on any atom is 0.295 e. The van der Waals surface area contributed by atoms with E-state index in [1.54, 1.807) is 0 Å². The van der Waals surface area contributed by atoms with E-state index in [0.717, 1.165) is 67.4 Å². The SMILES string of the molecule is Cc1ccc2c(n1)C(C)(C)c1c-2ccc(C)c1-c1n(-c2ccccc2)c2ccccc2[n+]1C.Cc1ccc2c(n1)C(C)(C)c1cc(-c3n(-c4c(C(C)C)cccc4C(C)C)c4ccccc4[n+]3C)c(C)cc1-2.[2H]C([2H])([2H])C1(C)c2cc(C)c(-c3n(-c4ccccc4)c4ccccc4[n+]3C)cc2-c2ccc(C)nc21. The summed E-state index contributed by atoms with van der Waals surface area (Å²) in [7, 11) is 6.50. The third kappa shape index (κ3) is 10.7. The largest absolute Gasteiger partial charge is 0.295 e. The summed E-state index contributed by atoms with van der Waals surface area (Å²) >= 11 is 0. The predicted molar refractivity (Wildman–Crippen MR) is 432 cm³/mol. The molecule has 0 amide bonds. The van der Waals surface area contributed by atoms with Gasteiger partial charge in [0, 0.05) is 65.3 Å². The van der Waals surface area contributed by atoms with Gasteiger partial charge in [-0.15, -0.1) is 0 Å². The van der Waals surface area contributed by atoms with Crippen molar-refractivity contribution in [3.05, 3.63) is 303 Å². The number of aryl methyl sites for hydroxylation is 9. The summed E-state index contributed by atoms with van der Waals surface area (Å²) in [6, 6.07) is 80.2. The van der Waals surface area contributed by atoms with Gasteiger partial charge in [-0.3, -0.25) is 15.0 Å². The highest BCUT2D eigenvalue weighted by atomic mass is 15.2. The molecule has 3 aliphatic carbocycles. The summed E-state index contributed by atoms with van der Waals surface area (Å²) in [6.07, 6.45) is 0. The number of pyridine rings is 3. The van der Waals surface area contributed by atoms with Gasteiger partial charge in [-0.2, -0.15) is 13.7 Å². The van der Waals surface area contributed by atoms with Crippen LogP contribution in [0.2, 0.25) is 0 Å². The molecule has 1 atom stereocenters. The zero-order valence-corrected chi connectivity index (χ0v) is 64.0. The molecular weight excluding hydrogens is 1280 g/mol. The van der Waals surface area contributed by atoms with Crippen LogP contribution in [0.4, 0.5) is 0 Å². The number of para-hydroxylation sites is 9. The third-order valence-electron chi connectivity index (χ3n) is 23.0. The summed E-state index contributed by atoms with van der Waals surface area (Å²) < 4.78 is 39.7. The van der Waals surface area contributed by atoms with E-state index < -0.39 is 12.3 Å². The highest BCUT2D eigenvalue weighted by Crippen LogP contribution is 2.55. The number of nitrogens with zero attached hydrogens (tertiary/aromatic N) is 9. The van der Waals surface area contributed by atoms with Crippen molar-refractivity contribution in [1.29, 1.82) is 0 Å². The number of hydrogen-bond acceptors (Lipinski definition) is 3. The molecule has 9 heteroatoms. The molecule has 105 heavy (non-hydrogen) atoms. The lowest BCUT2D eigenvalue weighted by Gasteiger charge is -2.23. The minimum atomic E-state index is -2.23. The first-order valence-electron chi connectivity index (χ1n) is 38.7. The molecule has 0 bridgehead atoms. The molecule has 0 fully saturated rings. The lowest BCUT2D eigenvalue weighted by molar-refractivity contribution is -0.634. The van der Waals surface area contributed by atoms with Crippen molar-refractivity contribution in [2.24, 2.45) is 21.1 Å². The van der Waals surface area contributed by atoms with Gasteiger partial charge in [0.1, 0.15) is 17.1 Å². The van der Waals surface area contributed by atoms with Crippen molar-refractivity contribution in [3.8, 4) is 84.6 Å². The quantitative estimate of drug-likeness (QED) is 0.142. The first-order chi connectivity index (χ1) is 51.5. The number of fused-ring (bicyclic) bond motifs is 12. The van der Waals surface area contributed by atoms with Crippen molar-refractivity contribution < 1.29 is 17.8 Å². The topological polar surface area (TPSA) is 65.1 Å². The highest BCUT2D eigenvalue weighted by Gasteiger charge is 2.45. The molecule has 15 aromatic rings. The second-order valence-corrected chi connectivity index (χ2v) is 31.4. The van der Waals surface area contributed by atoms with Crippen molar-refractivity contribution in [2.45, 2.75) is 139 Å². The summed E-state index contributed by atoms with van der Waals surface area (Å²) in [5.41, 5.74) is 35.7. The zero-order chi connectivity index (χ0) is 76.1. The average Bonchev–Trinajstić information content (AvgIpc) is 1.52. The van der Waals surface area contributed by atoms with Gasteiger partial charge >= 0.3 is 0 Å². The van der Waals surface area contributed by atoms with Gasteiger partial charge in [0.25, 0.3) is 17.5 Å². The zero-order valence-electron chi connectivity index (χ0n) is 67.0. The molecule has 6 heterocycles. The van der Waals surface area contributed by atoms with Gasteiger partial charge in [0.2, 0.25) is 0 Å². The van der Waals surface area contributed by atoms with Crippen LogP contribution in [0, 0.1) is 41.5 Å². The molecule has 9 aromatic carbocycles. The van der Waals surface area contributed by atoms with Crippen LogP contribution in [0.25, 0.3) is 118 Å². The monoisotopic (exact) mass is 1380 g/mol. The van der Waals surface area contributed by atoms with Crippen molar-refractivity contribution >= 4 is 33.1 Å². The van der Waals surface area contributed by atoms with Gasteiger partial charge in [-0.05, 0) is 194 Å². The lowest BCUT2D eigenvalue weighted by atomic mass is 9.80. The number of imidazole rings is 3. The molecule has 0 aliphatic heterocycles. The second-order valence-electron chi connectivity index (χ2n) is 31.4. The lowest BCUT2D eigenvalue weighted by Crippen LogP contribution is -2.32. The van der Waals surface area contributed by atoms with Crippen LogP contribution in [-0.2, 0) is 37.4 Å². The summed E-state index contributed by atoms with van der Waals surface area (Å²) in [5.74, 6) is 4.28. The molecular formula is C96H96N9+3. The predicted octanol–water partition coefficient (Wildman–Crippen LogP) is 21.6. The fraction of sp³-hybridized carbons (Fsp3) is 0.250. The molecule has 0 spiro atoms. The number of aromatic nitrogens is 9. The maximum atomic E-state index is 8.48. The minimum Gasteiger partial charge on any atom is -0.257 e. The van der Waals surface area contributed by atoms with Gasteiger partial charge in [-0.25, -0.2) is 13.7 Å². The molecule has 522 valence electrons. The Balaban J connectivity index is 0.000000124. The fourth-order valence-corrected chi connectivity index (χ4v) is 17.7.